The van der Waals surface area contributed by atoms with Crippen LogP contribution < -0.4 is 5.43 Å². The lowest BCUT2D eigenvalue weighted by Gasteiger charge is -2.36. The van der Waals surface area contributed by atoms with Gasteiger partial charge in [0, 0.05) is 39.3 Å². The lowest BCUT2D eigenvalue weighted by Crippen LogP contribution is -2.56. The number of nitrogens with one attached hydrogen (secondary N) is 1. The fraction of sp³-hybridized carbons (Fsp3) is 0.833. The Morgan fingerprint density at radius 1 is 0.947 bits per heavy atom. The third-order valence-electron chi connectivity index (χ3n) is 3.63. The standard InChI is InChI=1S/C12H22N4O3/c17-11(18)10-14-6-8-15(9-7-14)12(19)13-16-4-2-1-3-5-16/h1-10H2,(H,13,19)(H,17,18). The van der Waals surface area contributed by atoms with E-state index in [0.717, 1.165) is 25.9 Å². The highest BCUT2D eigenvalue weighted by molar-refractivity contribution is 5.74. The Hall–Kier alpha value is -1.34. The van der Waals surface area contributed by atoms with Crippen LogP contribution in [-0.4, -0.2) is 77.7 Å². The van der Waals surface area contributed by atoms with Crippen molar-refractivity contribution in [3.8, 4) is 0 Å². The van der Waals surface area contributed by atoms with Gasteiger partial charge in [0.15, 0.2) is 0 Å². The Balaban J connectivity index is 1.71. The van der Waals surface area contributed by atoms with Gasteiger partial charge in [-0.3, -0.25) is 15.1 Å². The maximum absolute atomic E-state index is 12.0. The van der Waals surface area contributed by atoms with Crippen LogP contribution in [0.15, 0.2) is 0 Å². The van der Waals surface area contributed by atoms with E-state index in [0.29, 0.717) is 26.2 Å². The van der Waals surface area contributed by atoms with Gasteiger partial charge in [-0.1, -0.05) is 6.42 Å². The highest BCUT2D eigenvalue weighted by Gasteiger charge is 2.23. The average molecular weight is 270 g/mol. The van der Waals surface area contributed by atoms with Crippen LogP contribution in [0, 0.1) is 0 Å². The van der Waals surface area contributed by atoms with E-state index in [1.165, 1.54) is 6.42 Å². The summed E-state index contributed by atoms with van der Waals surface area (Å²) >= 11 is 0. The number of carboxylic acids is 1. The molecule has 0 bridgehead atoms. The number of carboxylic acid groups (broad SMARTS) is 1. The highest BCUT2D eigenvalue weighted by atomic mass is 16.4. The first-order chi connectivity index (χ1) is 9.15. The van der Waals surface area contributed by atoms with Crippen LogP contribution in [0.4, 0.5) is 4.79 Å². The molecule has 2 amide bonds. The van der Waals surface area contributed by atoms with Gasteiger partial charge in [-0.25, -0.2) is 9.80 Å². The van der Waals surface area contributed by atoms with Gasteiger partial charge in [0.25, 0.3) is 0 Å². The lowest BCUT2D eigenvalue weighted by atomic mass is 10.2. The van der Waals surface area contributed by atoms with Gasteiger partial charge in [0.1, 0.15) is 0 Å². The normalized spacial score (nSPS) is 22.2. The Labute approximate surface area is 113 Å². The molecule has 0 unspecified atom stereocenters. The molecule has 0 spiro atoms. The summed E-state index contributed by atoms with van der Waals surface area (Å²) in [6.45, 7) is 4.33. The number of hydrogen-bond donors (Lipinski definition) is 2. The predicted molar refractivity (Wildman–Crippen MR) is 69.6 cm³/mol. The van der Waals surface area contributed by atoms with E-state index in [4.69, 9.17) is 5.11 Å². The number of piperidine rings is 1. The van der Waals surface area contributed by atoms with Crippen LogP contribution >= 0.6 is 0 Å². The van der Waals surface area contributed by atoms with Gasteiger partial charge < -0.3 is 10.0 Å². The number of rotatable bonds is 3. The van der Waals surface area contributed by atoms with Crippen molar-refractivity contribution < 1.29 is 14.7 Å². The zero-order valence-corrected chi connectivity index (χ0v) is 11.2. The van der Waals surface area contributed by atoms with Crippen LogP contribution in [0.3, 0.4) is 0 Å². The maximum atomic E-state index is 12.0. The lowest BCUT2D eigenvalue weighted by molar-refractivity contribution is -0.138. The molecule has 0 radical (unpaired) electrons. The number of carbonyl (C=O) groups is 2. The zero-order valence-electron chi connectivity index (χ0n) is 11.2. The summed E-state index contributed by atoms with van der Waals surface area (Å²) < 4.78 is 0. The van der Waals surface area contributed by atoms with Crippen LogP contribution in [-0.2, 0) is 4.79 Å². The molecule has 2 aliphatic heterocycles. The van der Waals surface area contributed by atoms with E-state index < -0.39 is 5.97 Å². The number of carbonyl (C=O) groups excluding carboxylic acids is 1. The molecular formula is C12H22N4O3. The van der Waals surface area contributed by atoms with Crippen molar-refractivity contribution in [2.75, 3.05) is 45.8 Å². The number of hydrogen-bond acceptors (Lipinski definition) is 4. The third-order valence-corrected chi connectivity index (χ3v) is 3.63. The molecule has 0 saturated carbocycles. The van der Waals surface area contributed by atoms with Crippen molar-refractivity contribution in [3.05, 3.63) is 0 Å². The topological polar surface area (TPSA) is 76.1 Å². The highest BCUT2D eigenvalue weighted by Crippen LogP contribution is 2.07. The molecule has 2 fully saturated rings. The Morgan fingerprint density at radius 3 is 2.16 bits per heavy atom. The first kappa shape index (κ1) is 14.1. The van der Waals surface area contributed by atoms with Crippen molar-refractivity contribution in [3.63, 3.8) is 0 Å². The van der Waals surface area contributed by atoms with Crippen LogP contribution in [0.5, 0.6) is 0 Å². The summed E-state index contributed by atoms with van der Waals surface area (Å²) in [4.78, 5) is 26.2. The number of aliphatic carboxylic acids is 1. The SMILES string of the molecule is O=C(O)CN1CCN(C(=O)NN2CCCCC2)CC1. The molecule has 108 valence electrons. The second kappa shape index (κ2) is 6.72. The molecule has 0 aliphatic carbocycles. The molecule has 0 atom stereocenters. The quantitative estimate of drug-likeness (QED) is 0.743. The second-order valence-corrected chi connectivity index (χ2v) is 5.12. The number of piperazine rings is 1. The summed E-state index contributed by atoms with van der Waals surface area (Å²) in [5.74, 6) is -0.814. The summed E-state index contributed by atoms with van der Waals surface area (Å²) in [5, 5.41) is 10.7. The molecule has 2 aliphatic rings. The van der Waals surface area contributed by atoms with E-state index in [1.54, 1.807) is 4.90 Å². The second-order valence-electron chi connectivity index (χ2n) is 5.12. The number of amides is 2. The van der Waals surface area contributed by atoms with Gasteiger partial charge in [-0.15, -0.1) is 0 Å². The molecular weight excluding hydrogens is 248 g/mol. The minimum absolute atomic E-state index is 0.0571. The molecule has 2 rings (SSSR count). The summed E-state index contributed by atoms with van der Waals surface area (Å²) in [7, 11) is 0. The Kier molecular flexibility index (Phi) is 4.98. The molecule has 0 aromatic rings. The van der Waals surface area contributed by atoms with E-state index in [1.807, 2.05) is 9.91 Å². The maximum Gasteiger partial charge on any atom is 0.332 e. The van der Waals surface area contributed by atoms with E-state index >= 15 is 0 Å². The van der Waals surface area contributed by atoms with Crippen LogP contribution in [0.25, 0.3) is 0 Å². The first-order valence-electron chi connectivity index (χ1n) is 6.90. The Bertz CT molecular complexity index is 323. The smallest absolute Gasteiger partial charge is 0.332 e. The van der Waals surface area contributed by atoms with Gasteiger partial charge >= 0.3 is 12.0 Å². The molecule has 2 heterocycles. The van der Waals surface area contributed by atoms with Crippen LogP contribution in [0.1, 0.15) is 19.3 Å². The zero-order chi connectivity index (χ0) is 13.7. The monoisotopic (exact) mass is 270 g/mol. The van der Waals surface area contributed by atoms with Crippen molar-refractivity contribution in [2.24, 2.45) is 0 Å². The minimum Gasteiger partial charge on any atom is -0.480 e. The summed E-state index contributed by atoms with van der Waals surface area (Å²) in [6.07, 6.45) is 3.50. The van der Waals surface area contributed by atoms with Gasteiger partial charge in [-0.05, 0) is 12.8 Å². The molecule has 2 N–H and O–H groups in total. The largest absolute Gasteiger partial charge is 0.480 e. The van der Waals surface area contributed by atoms with Crippen molar-refractivity contribution in [1.29, 1.82) is 0 Å². The fourth-order valence-corrected chi connectivity index (χ4v) is 2.51. The summed E-state index contributed by atoms with van der Waals surface area (Å²) in [6, 6.07) is -0.0584. The molecule has 2 saturated heterocycles. The van der Waals surface area contributed by atoms with Gasteiger partial charge in [-0.2, -0.15) is 0 Å². The molecule has 0 aromatic carbocycles. The number of urea groups is 1. The van der Waals surface area contributed by atoms with E-state index in [-0.39, 0.29) is 12.6 Å². The predicted octanol–water partition coefficient (Wildman–Crippen LogP) is -0.201. The molecule has 19 heavy (non-hydrogen) atoms. The molecule has 7 heteroatoms. The number of hydrazine groups is 1. The van der Waals surface area contributed by atoms with Gasteiger partial charge in [0.2, 0.25) is 0 Å². The van der Waals surface area contributed by atoms with E-state index in [9.17, 15) is 9.59 Å². The molecule has 0 aromatic heterocycles. The fourth-order valence-electron chi connectivity index (χ4n) is 2.51. The third kappa shape index (κ3) is 4.36. The van der Waals surface area contributed by atoms with Gasteiger partial charge in [0.05, 0.1) is 6.54 Å². The average Bonchev–Trinajstić information content (AvgIpc) is 2.40. The van der Waals surface area contributed by atoms with Crippen molar-refractivity contribution >= 4 is 12.0 Å². The molecule has 7 nitrogen and oxygen atoms in total. The Morgan fingerprint density at radius 2 is 1.58 bits per heavy atom. The van der Waals surface area contributed by atoms with Crippen LogP contribution in [0.2, 0.25) is 0 Å². The number of nitrogens with zero attached hydrogens (tertiary/aromatic N) is 3. The summed E-state index contributed by atoms with van der Waals surface area (Å²) in [5.41, 5.74) is 2.93. The van der Waals surface area contributed by atoms with Crippen molar-refractivity contribution in [1.82, 2.24) is 20.2 Å². The minimum atomic E-state index is -0.814. The van der Waals surface area contributed by atoms with Crippen molar-refractivity contribution in [2.45, 2.75) is 19.3 Å². The van der Waals surface area contributed by atoms with E-state index in [2.05, 4.69) is 5.43 Å². The first-order valence-corrected chi connectivity index (χ1v) is 6.90.